The van der Waals surface area contributed by atoms with Gasteiger partial charge in [0.2, 0.25) is 0 Å². The standard InChI is InChI=1S/C58H38N2O/c1-2-15-41(16-3-1)52-37-47(38-57-58(52)51-21-9-13-25-56(51)61-57)59(45-32-28-40(29-33-45)44-27-26-39-14-4-5-17-43(39)36-44)46-34-30-42(31-35-46)48-18-6-10-22-53(48)60-54-23-11-7-19-49(54)50-20-8-12-24-55(50)60/h1-38H. The summed E-state index contributed by atoms with van der Waals surface area (Å²) in [4.78, 5) is 2.35. The molecule has 0 bridgehead atoms. The highest BCUT2D eigenvalue weighted by Gasteiger charge is 2.21. The number of hydrogen-bond acceptors (Lipinski definition) is 2. The van der Waals surface area contributed by atoms with E-state index in [1.807, 2.05) is 6.07 Å². The quantitative estimate of drug-likeness (QED) is 0.161. The number of nitrogens with zero attached hydrogens (tertiary/aromatic N) is 2. The number of fused-ring (bicyclic) bond motifs is 7. The van der Waals surface area contributed by atoms with Gasteiger partial charge in [-0.3, -0.25) is 0 Å². The van der Waals surface area contributed by atoms with Gasteiger partial charge < -0.3 is 13.9 Å². The fraction of sp³-hybridized carbons (Fsp3) is 0. The normalized spacial score (nSPS) is 11.6. The lowest BCUT2D eigenvalue weighted by Crippen LogP contribution is -2.10. The van der Waals surface area contributed by atoms with E-state index >= 15 is 0 Å². The van der Waals surface area contributed by atoms with Crippen LogP contribution in [-0.2, 0) is 0 Å². The predicted molar refractivity (Wildman–Crippen MR) is 257 cm³/mol. The summed E-state index contributed by atoms with van der Waals surface area (Å²) in [6, 6.07) is 82.9. The zero-order chi connectivity index (χ0) is 40.3. The topological polar surface area (TPSA) is 21.3 Å². The molecule has 286 valence electrons. The minimum atomic E-state index is 0.854. The Hall–Kier alpha value is -8.14. The van der Waals surface area contributed by atoms with Crippen molar-refractivity contribution in [1.29, 1.82) is 0 Å². The average Bonchev–Trinajstić information content (AvgIpc) is 3.88. The van der Waals surface area contributed by atoms with Crippen LogP contribution in [0, 0.1) is 0 Å². The number of aromatic nitrogens is 1. The van der Waals surface area contributed by atoms with Crippen molar-refractivity contribution in [1.82, 2.24) is 4.57 Å². The van der Waals surface area contributed by atoms with E-state index in [9.17, 15) is 0 Å². The molecule has 0 fully saturated rings. The molecule has 0 radical (unpaired) electrons. The molecule has 0 N–H and O–H groups in total. The van der Waals surface area contributed by atoms with Gasteiger partial charge in [0, 0.05) is 44.5 Å². The van der Waals surface area contributed by atoms with Crippen molar-refractivity contribution in [2.45, 2.75) is 0 Å². The SMILES string of the molecule is c1ccc(-c2cc(N(c3ccc(-c4ccc5ccccc5c4)cc3)c3ccc(-c4ccccc4-n4c5ccccc5c5ccccc54)cc3)cc3oc4ccccc4c23)cc1. The van der Waals surface area contributed by atoms with E-state index in [0.29, 0.717) is 0 Å². The van der Waals surface area contributed by atoms with Crippen LogP contribution in [0.4, 0.5) is 17.1 Å². The van der Waals surface area contributed by atoms with Gasteiger partial charge in [-0.25, -0.2) is 0 Å². The fourth-order valence-corrected chi connectivity index (χ4v) is 9.32. The second-order valence-electron chi connectivity index (χ2n) is 15.7. The van der Waals surface area contributed by atoms with E-state index < -0.39 is 0 Å². The van der Waals surface area contributed by atoms with E-state index in [1.54, 1.807) is 0 Å². The number of hydrogen-bond donors (Lipinski definition) is 0. The Bertz CT molecular complexity index is 3520. The van der Waals surface area contributed by atoms with Crippen molar-refractivity contribution in [2.75, 3.05) is 4.90 Å². The Morgan fingerprint density at radius 3 is 1.62 bits per heavy atom. The Kier molecular flexibility index (Phi) is 8.17. The summed E-state index contributed by atoms with van der Waals surface area (Å²) >= 11 is 0. The molecule has 12 aromatic rings. The van der Waals surface area contributed by atoms with Crippen LogP contribution in [0.5, 0.6) is 0 Å². The molecule has 2 heterocycles. The molecule has 0 amide bonds. The molecule has 3 nitrogen and oxygen atoms in total. The Morgan fingerprint density at radius 1 is 0.328 bits per heavy atom. The van der Waals surface area contributed by atoms with Gasteiger partial charge in [0.25, 0.3) is 0 Å². The van der Waals surface area contributed by atoms with E-state index in [-0.39, 0.29) is 0 Å². The van der Waals surface area contributed by atoms with E-state index in [2.05, 4.69) is 234 Å². The molecule has 0 saturated carbocycles. The van der Waals surface area contributed by atoms with Crippen molar-refractivity contribution in [3.8, 4) is 39.1 Å². The first-order valence-corrected chi connectivity index (χ1v) is 20.8. The first kappa shape index (κ1) is 34.9. The molecular formula is C58H38N2O. The minimum absolute atomic E-state index is 0.854. The Morgan fingerprint density at radius 2 is 0.885 bits per heavy atom. The zero-order valence-corrected chi connectivity index (χ0v) is 33.2. The summed E-state index contributed by atoms with van der Waals surface area (Å²) in [6.45, 7) is 0. The smallest absolute Gasteiger partial charge is 0.138 e. The molecule has 0 spiro atoms. The number of anilines is 3. The predicted octanol–water partition coefficient (Wildman–Crippen LogP) is 16.3. The van der Waals surface area contributed by atoms with E-state index in [0.717, 1.165) is 61.4 Å². The van der Waals surface area contributed by atoms with Crippen molar-refractivity contribution < 1.29 is 4.42 Å². The van der Waals surface area contributed by atoms with Gasteiger partial charge >= 0.3 is 0 Å². The second-order valence-corrected chi connectivity index (χ2v) is 15.7. The largest absolute Gasteiger partial charge is 0.456 e. The first-order chi connectivity index (χ1) is 30.2. The van der Waals surface area contributed by atoms with Crippen LogP contribution in [0.25, 0.3) is 93.6 Å². The summed E-state index contributed by atoms with van der Waals surface area (Å²) in [6.07, 6.45) is 0. The zero-order valence-electron chi connectivity index (χ0n) is 33.2. The van der Waals surface area contributed by atoms with Gasteiger partial charge in [0.1, 0.15) is 11.2 Å². The summed E-state index contributed by atoms with van der Waals surface area (Å²) in [5, 5.41) is 7.21. The lowest BCUT2D eigenvalue weighted by molar-refractivity contribution is 0.669. The lowest BCUT2D eigenvalue weighted by atomic mass is 9.97. The summed E-state index contributed by atoms with van der Waals surface area (Å²) in [7, 11) is 0. The third kappa shape index (κ3) is 5.90. The molecule has 0 unspecified atom stereocenters. The summed E-state index contributed by atoms with van der Waals surface area (Å²) in [5.41, 5.74) is 15.3. The lowest BCUT2D eigenvalue weighted by Gasteiger charge is -2.27. The van der Waals surface area contributed by atoms with Gasteiger partial charge in [-0.2, -0.15) is 0 Å². The molecular weight excluding hydrogens is 741 g/mol. The van der Waals surface area contributed by atoms with E-state index in [4.69, 9.17) is 4.42 Å². The first-order valence-electron chi connectivity index (χ1n) is 20.8. The van der Waals surface area contributed by atoms with Crippen LogP contribution in [0.1, 0.15) is 0 Å². The van der Waals surface area contributed by atoms with Crippen LogP contribution in [0.3, 0.4) is 0 Å². The number of furan rings is 1. The van der Waals surface area contributed by atoms with Gasteiger partial charge in [0.15, 0.2) is 0 Å². The second kappa shape index (κ2) is 14.3. The van der Waals surface area contributed by atoms with Crippen molar-refractivity contribution in [3.05, 3.63) is 231 Å². The minimum Gasteiger partial charge on any atom is -0.456 e. The van der Waals surface area contributed by atoms with Crippen molar-refractivity contribution in [2.24, 2.45) is 0 Å². The molecule has 12 rings (SSSR count). The monoisotopic (exact) mass is 778 g/mol. The Balaban J connectivity index is 1.02. The van der Waals surface area contributed by atoms with Crippen LogP contribution in [0.2, 0.25) is 0 Å². The van der Waals surface area contributed by atoms with Gasteiger partial charge in [-0.05, 0) is 99.3 Å². The van der Waals surface area contributed by atoms with Gasteiger partial charge in [0.05, 0.1) is 22.4 Å². The van der Waals surface area contributed by atoms with Crippen molar-refractivity contribution in [3.63, 3.8) is 0 Å². The van der Waals surface area contributed by atoms with E-state index in [1.165, 1.54) is 49.3 Å². The van der Waals surface area contributed by atoms with Crippen LogP contribution in [-0.4, -0.2) is 4.57 Å². The molecule has 61 heavy (non-hydrogen) atoms. The average molecular weight is 779 g/mol. The Labute approximate surface area is 353 Å². The van der Waals surface area contributed by atoms with Gasteiger partial charge in [-0.1, -0.05) is 164 Å². The fourth-order valence-electron chi connectivity index (χ4n) is 9.32. The number of benzene rings is 10. The molecule has 10 aromatic carbocycles. The summed E-state index contributed by atoms with van der Waals surface area (Å²) < 4.78 is 9.05. The number of para-hydroxylation sites is 4. The van der Waals surface area contributed by atoms with Gasteiger partial charge in [-0.15, -0.1) is 0 Å². The molecule has 0 aliphatic carbocycles. The third-order valence-corrected chi connectivity index (χ3v) is 12.2. The highest BCUT2D eigenvalue weighted by molar-refractivity contribution is 6.14. The highest BCUT2D eigenvalue weighted by atomic mass is 16.3. The maximum atomic E-state index is 6.65. The third-order valence-electron chi connectivity index (χ3n) is 12.2. The molecule has 0 atom stereocenters. The molecule has 0 aliphatic heterocycles. The molecule has 2 aromatic heterocycles. The van der Waals surface area contributed by atoms with Crippen LogP contribution in [0.15, 0.2) is 235 Å². The highest BCUT2D eigenvalue weighted by Crippen LogP contribution is 2.45. The molecule has 0 aliphatic rings. The summed E-state index contributed by atoms with van der Waals surface area (Å²) in [5.74, 6) is 0. The molecule has 3 heteroatoms. The van der Waals surface area contributed by atoms with Crippen LogP contribution >= 0.6 is 0 Å². The maximum absolute atomic E-state index is 6.65. The van der Waals surface area contributed by atoms with Crippen LogP contribution < -0.4 is 4.90 Å². The maximum Gasteiger partial charge on any atom is 0.138 e. The molecule has 0 saturated heterocycles. The number of rotatable bonds is 7. The van der Waals surface area contributed by atoms with Crippen molar-refractivity contribution >= 4 is 71.6 Å².